The number of hydrogen-bond acceptors (Lipinski definition) is 6. The molecule has 0 bridgehead atoms. The molecule has 7 nitrogen and oxygen atoms in total. The van der Waals surface area contributed by atoms with Crippen LogP contribution < -0.4 is 5.32 Å². The van der Waals surface area contributed by atoms with Crippen LogP contribution >= 0.6 is 0 Å². The number of aromatic nitrogens is 3. The number of benzene rings is 1. The summed E-state index contributed by atoms with van der Waals surface area (Å²) >= 11 is 0. The first-order valence-electron chi connectivity index (χ1n) is 6.58. The molecule has 9 heteroatoms. The molecule has 0 saturated carbocycles. The van der Waals surface area contributed by atoms with E-state index in [2.05, 4.69) is 20.1 Å². The first-order chi connectivity index (χ1) is 11.0. The minimum absolute atomic E-state index is 0.110. The van der Waals surface area contributed by atoms with Crippen molar-refractivity contribution in [2.45, 2.75) is 13.5 Å². The van der Waals surface area contributed by atoms with Crippen molar-refractivity contribution in [2.75, 3.05) is 12.4 Å². The summed E-state index contributed by atoms with van der Waals surface area (Å²) in [7, 11) is 1.28. The van der Waals surface area contributed by atoms with Gasteiger partial charge in [0, 0.05) is 0 Å². The van der Waals surface area contributed by atoms with Gasteiger partial charge < -0.3 is 14.5 Å². The van der Waals surface area contributed by atoms with Gasteiger partial charge in [0.05, 0.1) is 30.3 Å². The molecule has 0 fully saturated rings. The van der Waals surface area contributed by atoms with E-state index in [9.17, 15) is 13.6 Å². The Bertz CT molecular complexity index is 872. The quantitative estimate of drug-likeness (QED) is 0.742. The Kier molecular flexibility index (Phi) is 3.68. The van der Waals surface area contributed by atoms with Gasteiger partial charge in [0.1, 0.15) is 5.52 Å². The Morgan fingerprint density at radius 1 is 1.43 bits per heavy atom. The molecule has 3 aromatic rings. The van der Waals surface area contributed by atoms with E-state index in [-0.39, 0.29) is 6.01 Å². The average Bonchev–Trinajstić information content (AvgIpc) is 3.09. The zero-order chi connectivity index (χ0) is 16.6. The summed E-state index contributed by atoms with van der Waals surface area (Å²) in [6, 6.07) is 4.76. The van der Waals surface area contributed by atoms with Crippen LogP contribution in [-0.4, -0.2) is 27.8 Å². The number of oxazole rings is 1. The number of esters is 1. The zero-order valence-electron chi connectivity index (χ0n) is 12.2. The van der Waals surface area contributed by atoms with Crippen LogP contribution in [-0.2, 0) is 4.74 Å². The highest BCUT2D eigenvalue weighted by Gasteiger charge is 2.15. The van der Waals surface area contributed by atoms with Crippen LogP contribution in [0.1, 0.15) is 22.6 Å². The molecule has 2 heterocycles. The number of aryl methyl sites for hydroxylation is 1. The van der Waals surface area contributed by atoms with Crippen molar-refractivity contribution in [3.63, 3.8) is 0 Å². The van der Waals surface area contributed by atoms with Gasteiger partial charge in [-0.3, -0.25) is 0 Å². The Labute approximate surface area is 128 Å². The van der Waals surface area contributed by atoms with Gasteiger partial charge in [0.15, 0.2) is 5.58 Å². The minimum atomic E-state index is -2.73. The lowest BCUT2D eigenvalue weighted by Gasteiger charge is -1.98. The normalized spacial score (nSPS) is 11.2. The highest BCUT2D eigenvalue weighted by atomic mass is 19.3. The zero-order valence-corrected chi connectivity index (χ0v) is 12.2. The standard InChI is InChI=1S/C14H12F2N4O3/c1-7-10(6-20(19-7)13(15)16)18-14-17-9-4-3-8(12(21)22-2)5-11(9)23-14/h3-6,13H,1-2H3,(H,17,18). The highest BCUT2D eigenvalue weighted by molar-refractivity contribution is 5.93. The molecule has 0 spiro atoms. The molecule has 1 N–H and O–H groups in total. The molecule has 1 aromatic carbocycles. The van der Waals surface area contributed by atoms with Crippen molar-refractivity contribution < 1.29 is 22.7 Å². The topological polar surface area (TPSA) is 82.2 Å². The fraction of sp³-hybridized carbons (Fsp3) is 0.214. The number of rotatable bonds is 4. The van der Waals surface area contributed by atoms with Gasteiger partial charge in [-0.1, -0.05) is 0 Å². The Morgan fingerprint density at radius 2 is 2.22 bits per heavy atom. The summed E-state index contributed by atoms with van der Waals surface area (Å²) in [5.74, 6) is -0.494. The van der Waals surface area contributed by atoms with Gasteiger partial charge in [-0.05, 0) is 25.1 Å². The van der Waals surface area contributed by atoms with Crippen LogP contribution in [0.4, 0.5) is 20.5 Å². The second-order valence-electron chi connectivity index (χ2n) is 4.70. The second kappa shape index (κ2) is 5.67. The van der Waals surface area contributed by atoms with Crippen molar-refractivity contribution >= 4 is 28.8 Å². The van der Waals surface area contributed by atoms with E-state index in [0.29, 0.717) is 32.7 Å². The molecule has 0 amide bonds. The third kappa shape index (κ3) is 2.85. The maximum Gasteiger partial charge on any atom is 0.337 e. The van der Waals surface area contributed by atoms with Crippen LogP contribution in [0.25, 0.3) is 11.1 Å². The van der Waals surface area contributed by atoms with Crippen LogP contribution in [0.3, 0.4) is 0 Å². The van der Waals surface area contributed by atoms with Gasteiger partial charge >= 0.3 is 12.5 Å². The molecular weight excluding hydrogens is 310 g/mol. The van der Waals surface area contributed by atoms with Gasteiger partial charge in [-0.25, -0.2) is 9.48 Å². The number of nitrogens with one attached hydrogen (secondary N) is 1. The predicted molar refractivity (Wildman–Crippen MR) is 76.8 cm³/mol. The highest BCUT2D eigenvalue weighted by Crippen LogP contribution is 2.25. The number of anilines is 2. The second-order valence-corrected chi connectivity index (χ2v) is 4.70. The monoisotopic (exact) mass is 322 g/mol. The number of nitrogens with zero attached hydrogens (tertiary/aromatic N) is 3. The van der Waals surface area contributed by atoms with E-state index in [1.54, 1.807) is 19.1 Å². The summed E-state index contributed by atoms with van der Waals surface area (Å²) < 4.78 is 35.9. The van der Waals surface area contributed by atoms with Gasteiger partial charge in [-0.15, -0.1) is 0 Å². The molecular formula is C14H12F2N4O3. The first kappa shape index (κ1) is 14.9. The Hall–Kier alpha value is -2.97. The van der Waals surface area contributed by atoms with Gasteiger partial charge in [0.2, 0.25) is 0 Å². The number of fused-ring (bicyclic) bond motifs is 1. The number of ether oxygens (including phenoxy) is 1. The maximum absolute atomic E-state index is 12.6. The van der Waals surface area contributed by atoms with E-state index >= 15 is 0 Å². The fourth-order valence-corrected chi connectivity index (χ4v) is 2.04. The van der Waals surface area contributed by atoms with Gasteiger partial charge in [-0.2, -0.15) is 18.9 Å². The van der Waals surface area contributed by atoms with E-state index in [1.807, 2.05) is 0 Å². The molecule has 2 aromatic heterocycles. The van der Waals surface area contributed by atoms with E-state index in [4.69, 9.17) is 4.42 Å². The number of halogens is 2. The predicted octanol–water partition coefficient (Wildman–Crippen LogP) is 3.26. The summed E-state index contributed by atoms with van der Waals surface area (Å²) in [6.07, 6.45) is 1.16. The molecule has 0 atom stereocenters. The van der Waals surface area contributed by atoms with Crippen LogP contribution in [0, 0.1) is 6.92 Å². The van der Waals surface area contributed by atoms with Gasteiger partial charge in [0.25, 0.3) is 6.01 Å². The number of carbonyl (C=O) groups is 1. The van der Waals surface area contributed by atoms with Crippen molar-refractivity contribution in [3.8, 4) is 0 Å². The summed E-state index contributed by atoms with van der Waals surface area (Å²) in [4.78, 5) is 15.7. The molecule has 0 aliphatic heterocycles. The lowest BCUT2D eigenvalue weighted by Crippen LogP contribution is -2.00. The van der Waals surface area contributed by atoms with E-state index < -0.39 is 12.5 Å². The molecule has 0 aliphatic rings. The largest absolute Gasteiger partial charge is 0.465 e. The third-order valence-electron chi connectivity index (χ3n) is 3.17. The number of carbonyl (C=O) groups excluding carboxylic acids is 1. The lowest BCUT2D eigenvalue weighted by atomic mass is 10.2. The van der Waals surface area contributed by atoms with E-state index in [0.717, 1.165) is 6.20 Å². The molecule has 0 radical (unpaired) electrons. The molecule has 0 aliphatic carbocycles. The SMILES string of the molecule is COC(=O)c1ccc2nc(Nc3cn(C(F)F)nc3C)oc2c1. The molecule has 3 rings (SSSR count). The smallest absolute Gasteiger partial charge is 0.337 e. The van der Waals surface area contributed by atoms with Crippen molar-refractivity contribution in [2.24, 2.45) is 0 Å². The first-order valence-corrected chi connectivity index (χ1v) is 6.58. The van der Waals surface area contributed by atoms with Crippen molar-refractivity contribution in [1.82, 2.24) is 14.8 Å². The molecule has 0 unspecified atom stereocenters. The lowest BCUT2D eigenvalue weighted by molar-refractivity contribution is 0.0562. The summed E-state index contributed by atoms with van der Waals surface area (Å²) in [6.45, 7) is -1.14. The Morgan fingerprint density at radius 3 is 2.87 bits per heavy atom. The fourth-order valence-electron chi connectivity index (χ4n) is 2.04. The number of methoxy groups -OCH3 is 1. The number of alkyl halides is 2. The summed E-state index contributed by atoms with van der Waals surface area (Å²) in [5, 5.41) is 6.47. The molecule has 0 saturated heterocycles. The van der Waals surface area contributed by atoms with Crippen LogP contribution in [0.5, 0.6) is 0 Å². The minimum Gasteiger partial charge on any atom is -0.465 e. The Balaban J connectivity index is 1.90. The average molecular weight is 322 g/mol. The van der Waals surface area contributed by atoms with Crippen LogP contribution in [0.2, 0.25) is 0 Å². The maximum atomic E-state index is 12.6. The number of hydrogen-bond donors (Lipinski definition) is 1. The molecule has 120 valence electrons. The van der Waals surface area contributed by atoms with Crippen molar-refractivity contribution in [3.05, 3.63) is 35.7 Å². The third-order valence-corrected chi connectivity index (χ3v) is 3.17. The van der Waals surface area contributed by atoms with E-state index in [1.165, 1.54) is 13.2 Å². The summed E-state index contributed by atoms with van der Waals surface area (Å²) in [5.41, 5.74) is 1.94. The molecule has 23 heavy (non-hydrogen) atoms. The van der Waals surface area contributed by atoms with Crippen LogP contribution in [0.15, 0.2) is 28.8 Å². The van der Waals surface area contributed by atoms with Crippen molar-refractivity contribution in [1.29, 1.82) is 0 Å².